The van der Waals surface area contributed by atoms with Gasteiger partial charge in [-0.05, 0) is 13.3 Å². The van der Waals surface area contributed by atoms with Crippen molar-refractivity contribution >= 4 is 15.4 Å². The van der Waals surface area contributed by atoms with Gasteiger partial charge in [-0.25, -0.2) is 0 Å². The van der Waals surface area contributed by atoms with Gasteiger partial charge in [0.1, 0.15) is 7.60 Å². The van der Waals surface area contributed by atoms with Crippen LogP contribution in [0.15, 0.2) is 12.2 Å². The molecule has 18 heavy (non-hydrogen) atoms. The largest absolute Gasteiger partial charge is 1.00 e. The van der Waals surface area contributed by atoms with Crippen LogP contribution >= 0.6 is 15.4 Å². The van der Waals surface area contributed by atoms with E-state index in [0.717, 1.165) is 0 Å². The first-order valence-electron chi connectivity index (χ1n) is 3.90. The summed E-state index contributed by atoms with van der Waals surface area (Å²) in [4.78, 5) is 30.9. The van der Waals surface area contributed by atoms with E-state index in [2.05, 4.69) is 10.9 Å². The Morgan fingerprint density at radius 3 is 1.94 bits per heavy atom. The third kappa shape index (κ3) is 17.1. The Morgan fingerprint density at radius 1 is 1.28 bits per heavy atom. The van der Waals surface area contributed by atoms with E-state index in [1.165, 1.54) is 6.92 Å². The molecule has 0 aromatic carbocycles. The first-order chi connectivity index (χ1) is 6.53. The number of rotatable bonds is 6. The van der Waals surface area contributed by atoms with Crippen LogP contribution in [0.4, 0.5) is 0 Å². The van der Waals surface area contributed by atoms with E-state index in [1.54, 1.807) is 0 Å². The average Bonchev–Trinajstić information content (AvgIpc) is 1.95. The molecule has 0 aliphatic heterocycles. The van der Waals surface area contributed by atoms with Crippen LogP contribution in [0.5, 0.6) is 0 Å². The molecule has 0 saturated heterocycles. The van der Waals surface area contributed by atoms with Gasteiger partial charge in [-0.15, -0.1) is 0 Å². The normalized spacial score (nSPS) is 15.2. The summed E-state index contributed by atoms with van der Waals surface area (Å²) in [6, 6.07) is 0. The summed E-state index contributed by atoms with van der Waals surface area (Å²) in [5, 5.41) is 9.15. The van der Waals surface area contributed by atoms with Gasteiger partial charge >= 0.3 is 88.7 Å². The maximum atomic E-state index is 10.9. The molecule has 90 valence electrons. The van der Waals surface area contributed by atoms with Gasteiger partial charge in [-0.1, -0.05) is 12.2 Å². The first-order valence-corrected chi connectivity index (χ1v) is 7.09. The van der Waals surface area contributed by atoms with Crippen molar-refractivity contribution < 1.29 is 122 Å². The number of aliphatic hydroxyl groups excluding tert-OH is 1. The molecular weight excluding hydrogens is 315 g/mol. The van der Waals surface area contributed by atoms with Crippen molar-refractivity contribution in [2.24, 2.45) is 0 Å². The smallest absolute Gasteiger partial charge is 0.790 e. The molecule has 0 aliphatic carbocycles. The maximum Gasteiger partial charge on any atom is 1.00 e. The second kappa shape index (κ2) is 12.5. The molecule has 0 aromatic rings. The SMILES string of the molecule is C=C(C)C(O)CCP(=O)([O-])OP(=O)([O-])[O-].[Na+].[Na+].[Na+]. The van der Waals surface area contributed by atoms with E-state index in [-0.39, 0.29) is 95.1 Å². The summed E-state index contributed by atoms with van der Waals surface area (Å²) in [6.45, 7) is 4.85. The van der Waals surface area contributed by atoms with E-state index in [9.17, 15) is 23.8 Å². The number of phosphoric acid groups is 1. The van der Waals surface area contributed by atoms with Gasteiger partial charge in [0.05, 0.1) is 13.9 Å². The zero-order valence-electron chi connectivity index (χ0n) is 11.0. The fourth-order valence-corrected chi connectivity index (χ4v) is 2.83. The van der Waals surface area contributed by atoms with Gasteiger partial charge in [-0.2, -0.15) is 0 Å². The summed E-state index contributed by atoms with van der Waals surface area (Å²) < 4.78 is 24.2. The molecule has 0 amide bonds. The van der Waals surface area contributed by atoms with Crippen molar-refractivity contribution in [3.8, 4) is 0 Å². The van der Waals surface area contributed by atoms with E-state index in [4.69, 9.17) is 5.11 Å². The molecular formula is C6H11Na3O7P2. The molecule has 0 radical (unpaired) electrons. The van der Waals surface area contributed by atoms with Gasteiger partial charge in [0.2, 0.25) is 0 Å². The van der Waals surface area contributed by atoms with Crippen molar-refractivity contribution in [2.45, 2.75) is 19.4 Å². The minimum absolute atomic E-state index is 0. The van der Waals surface area contributed by atoms with Crippen molar-refractivity contribution in [1.82, 2.24) is 0 Å². The Morgan fingerprint density at radius 2 is 1.67 bits per heavy atom. The van der Waals surface area contributed by atoms with Gasteiger partial charge in [0.15, 0.2) is 0 Å². The average molecular weight is 326 g/mol. The molecule has 0 aromatic heterocycles. The summed E-state index contributed by atoms with van der Waals surface area (Å²) >= 11 is 0. The second-order valence-electron chi connectivity index (χ2n) is 3.01. The Hall–Kier alpha value is 3.00. The van der Waals surface area contributed by atoms with Gasteiger partial charge in [0, 0.05) is 6.16 Å². The van der Waals surface area contributed by atoms with Crippen LogP contribution in [0.2, 0.25) is 0 Å². The van der Waals surface area contributed by atoms with Gasteiger partial charge < -0.3 is 33.2 Å². The molecule has 0 saturated carbocycles. The van der Waals surface area contributed by atoms with Gasteiger partial charge in [-0.3, -0.25) is 0 Å². The van der Waals surface area contributed by atoms with Crippen LogP contribution in [0, 0.1) is 0 Å². The van der Waals surface area contributed by atoms with E-state index in [1.807, 2.05) is 0 Å². The minimum atomic E-state index is -5.55. The Bertz CT molecular complexity index is 331. The monoisotopic (exact) mass is 326 g/mol. The van der Waals surface area contributed by atoms with Crippen molar-refractivity contribution in [3.05, 3.63) is 12.2 Å². The van der Waals surface area contributed by atoms with Crippen LogP contribution in [-0.4, -0.2) is 17.4 Å². The molecule has 12 heteroatoms. The molecule has 7 nitrogen and oxygen atoms in total. The number of hydrogen-bond donors (Lipinski definition) is 1. The van der Waals surface area contributed by atoms with Crippen molar-refractivity contribution in [2.75, 3.05) is 6.16 Å². The fraction of sp³-hybridized carbons (Fsp3) is 0.667. The Labute approximate surface area is 172 Å². The number of hydrogen-bond acceptors (Lipinski definition) is 7. The van der Waals surface area contributed by atoms with E-state index in [0.29, 0.717) is 5.57 Å². The molecule has 0 spiro atoms. The molecule has 0 heterocycles. The third-order valence-corrected chi connectivity index (χ3v) is 4.07. The van der Waals surface area contributed by atoms with E-state index >= 15 is 0 Å². The molecule has 0 rings (SSSR count). The summed E-state index contributed by atoms with van der Waals surface area (Å²) in [6.07, 6.45) is -2.08. The maximum absolute atomic E-state index is 10.9. The topological polar surface area (TPSA) is 133 Å². The predicted molar refractivity (Wildman–Crippen MR) is 46.6 cm³/mol. The number of aliphatic hydroxyl groups is 1. The Balaban J connectivity index is -0.000000327. The molecule has 2 atom stereocenters. The van der Waals surface area contributed by atoms with Gasteiger partial charge in [0.25, 0.3) is 0 Å². The fourth-order valence-electron chi connectivity index (χ4n) is 0.720. The summed E-state index contributed by atoms with van der Waals surface area (Å²) in [5.41, 5.74) is 0.336. The second-order valence-corrected chi connectivity index (χ2v) is 6.23. The Kier molecular flexibility index (Phi) is 20.2. The zero-order valence-corrected chi connectivity index (χ0v) is 18.8. The standard InChI is InChI=1S/C6H14O7P2.3Na/c1-5(2)6(7)3-4-14(8,9)13-15(10,11)12;;;/h6-7H,1,3-4H2,2H3,(H,8,9)(H2,10,11,12);;;/q;3*+1/p-3. The van der Waals surface area contributed by atoms with E-state index < -0.39 is 27.7 Å². The van der Waals surface area contributed by atoms with Crippen LogP contribution < -0.4 is 103 Å². The molecule has 0 bridgehead atoms. The summed E-state index contributed by atoms with van der Waals surface area (Å²) in [5.74, 6) is 0. The zero-order chi connectivity index (χ0) is 12.3. The third-order valence-electron chi connectivity index (χ3n) is 1.47. The van der Waals surface area contributed by atoms with Crippen molar-refractivity contribution in [1.29, 1.82) is 0 Å². The van der Waals surface area contributed by atoms with Crippen LogP contribution in [0.1, 0.15) is 13.3 Å². The minimum Gasteiger partial charge on any atom is -0.790 e. The van der Waals surface area contributed by atoms with Crippen molar-refractivity contribution in [3.63, 3.8) is 0 Å². The first kappa shape index (κ1) is 29.1. The van der Waals surface area contributed by atoms with Crippen LogP contribution in [0.25, 0.3) is 0 Å². The quantitative estimate of drug-likeness (QED) is 0.291. The molecule has 0 fully saturated rings. The summed E-state index contributed by atoms with van der Waals surface area (Å²) in [7, 11) is -10.3. The van der Waals surface area contributed by atoms with Crippen LogP contribution in [-0.2, 0) is 13.4 Å². The molecule has 0 aliphatic rings. The molecule has 1 N–H and O–H groups in total. The van der Waals surface area contributed by atoms with Crippen LogP contribution in [0.3, 0.4) is 0 Å². The molecule has 2 unspecified atom stereocenters. The predicted octanol–water partition coefficient (Wildman–Crippen LogP) is -10.3.